The van der Waals surface area contributed by atoms with E-state index in [4.69, 9.17) is 4.55 Å². The molecule has 0 fully saturated rings. The molecule has 0 bridgehead atoms. The van der Waals surface area contributed by atoms with Crippen LogP contribution >= 0.6 is 12.2 Å². The highest BCUT2D eigenvalue weighted by Crippen LogP contribution is 2.32. The summed E-state index contributed by atoms with van der Waals surface area (Å²) in [4.78, 5) is -0.451. The van der Waals surface area contributed by atoms with E-state index in [1.54, 1.807) is 24.3 Å². The third kappa shape index (κ3) is 4.06. The lowest BCUT2D eigenvalue weighted by Crippen LogP contribution is -2.05. The smallest absolute Gasteiger partial charge is 0.304 e. The molecule has 2 rings (SSSR count). The number of anilines is 1. The molecular weight excluding hydrogens is 342 g/mol. The van der Waals surface area contributed by atoms with Crippen LogP contribution in [-0.2, 0) is 24.1 Å². The van der Waals surface area contributed by atoms with Crippen molar-refractivity contribution in [3.63, 3.8) is 0 Å². The Morgan fingerprint density at radius 1 is 1.00 bits per heavy atom. The maximum absolute atomic E-state index is 11.4. The van der Waals surface area contributed by atoms with Crippen LogP contribution in [0.25, 0.3) is 10.8 Å². The zero-order valence-corrected chi connectivity index (χ0v) is 12.6. The lowest BCUT2D eigenvalue weighted by atomic mass is 10.1. The second kappa shape index (κ2) is 5.79. The molecule has 0 amide bonds. The van der Waals surface area contributed by atoms with Gasteiger partial charge >= 0.3 is 10.4 Å². The van der Waals surface area contributed by atoms with Gasteiger partial charge in [-0.05, 0) is 11.5 Å². The molecule has 3 N–H and O–H groups in total. The first-order chi connectivity index (χ1) is 9.68. The molecule has 0 atom stereocenters. The molecule has 114 valence electrons. The van der Waals surface area contributed by atoms with E-state index in [1.807, 2.05) is 0 Å². The summed E-state index contributed by atoms with van der Waals surface area (Å²) in [5.41, 5.74) is -0.0655. The number of rotatable bonds is 5. The van der Waals surface area contributed by atoms with Crippen LogP contribution in [0.2, 0.25) is 0 Å². The molecule has 2 aromatic rings. The number of benzene rings is 2. The maximum Gasteiger partial charge on any atom is 0.409 e. The van der Waals surface area contributed by atoms with E-state index in [-0.39, 0.29) is 17.9 Å². The molecular formula is C10H9NO7S3. The van der Waals surface area contributed by atoms with Gasteiger partial charge in [0.25, 0.3) is 10.1 Å². The van der Waals surface area contributed by atoms with E-state index < -0.39 is 25.4 Å². The standard InChI is InChI=1S/C10H9NO7S3/c12-20(13,14)9-6-5-7-3-1-2-4-8(7)10(9)11-19-18-21(15,16)17/h1-6,11H,(H,12,13,14)(H,15,16,17). The summed E-state index contributed by atoms with van der Waals surface area (Å²) in [6, 6.07) is 9.27. The molecule has 21 heavy (non-hydrogen) atoms. The minimum atomic E-state index is -4.71. The summed E-state index contributed by atoms with van der Waals surface area (Å²) in [7, 11) is -9.24. The molecule has 0 unspecified atom stereocenters. The van der Waals surface area contributed by atoms with Gasteiger partial charge in [0.2, 0.25) is 0 Å². The topological polar surface area (TPSA) is 130 Å². The molecule has 2 aromatic carbocycles. The highest BCUT2D eigenvalue weighted by Gasteiger charge is 2.19. The van der Waals surface area contributed by atoms with Gasteiger partial charge in [0, 0.05) is 5.39 Å². The molecule has 0 aliphatic heterocycles. The largest absolute Gasteiger partial charge is 0.409 e. The Hall–Kier alpha value is -1.37. The monoisotopic (exact) mass is 351 g/mol. The van der Waals surface area contributed by atoms with E-state index in [0.29, 0.717) is 10.8 Å². The zero-order valence-electron chi connectivity index (χ0n) is 10.1. The van der Waals surface area contributed by atoms with Crippen molar-refractivity contribution in [3.05, 3.63) is 36.4 Å². The summed E-state index contributed by atoms with van der Waals surface area (Å²) < 4.78 is 67.7. The second-order valence-electron chi connectivity index (χ2n) is 3.82. The summed E-state index contributed by atoms with van der Waals surface area (Å²) >= 11 is 0.0949. The highest BCUT2D eigenvalue weighted by atomic mass is 32.3. The van der Waals surface area contributed by atoms with Crippen molar-refractivity contribution in [2.24, 2.45) is 0 Å². The van der Waals surface area contributed by atoms with Gasteiger partial charge in [0.1, 0.15) is 17.1 Å². The van der Waals surface area contributed by atoms with Crippen LogP contribution in [0, 0.1) is 0 Å². The highest BCUT2D eigenvalue weighted by molar-refractivity contribution is 8.03. The summed E-state index contributed by atoms with van der Waals surface area (Å²) in [6.07, 6.45) is 0. The van der Waals surface area contributed by atoms with Crippen LogP contribution in [0.1, 0.15) is 0 Å². The van der Waals surface area contributed by atoms with Gasteiger partial charge in [0.15, 0.2) is 0 Å². The van der Waals surface area contributed by atoms with Gasteiger partial charge in [-0.15, -0.1) is 0 Å². The Morgan fingerprint density at radius 2 is 1.67 bits per heavy atom. The van der Waals surface area contributed by atoms with Crippen molar-refractivity contribution < 1.29 is 29.6 Å². The fourth-order valence-corrected chi connectivity index (χ4v) is 3.18. The predicted octanol–water partition coefficient (Wildman–Crippen LogP) is 1.88. The molecule has 0 radical (unpaired) electrons. The van der Waals surface area contributed by atoms with E-state index in [2.05, 4.69) is 8.35 Å². The SMILES string of the molecule is O=S(=O)(O)OSNc1c(S(=O)(=O)O)ccc2ccccc12. The first-order valence-electron chi connectivity index (χ1n) is 5.26. The van der Waals surface area contributed by atoms with Crippen molar-refractivity contribution in [2.45, 2.75) is 4.90 Å². The van der Waals surface area contributed by atoms with Crippen molar-refractivity contribution in [2.75, 3.05) is 4.72 Å². The number of hydrogen-bond acceptors (Lipinski definition) is 7. The van der Waals surface area contributed by atoms with Crippen LogP contribution in [0.15, 0.2) is 41.3 Å². The molecule has 0 heterocycles. The average Bonchev–Trinajstić information content (AvgIpc) is 2.36. The zero-order chi connectivity index (χ0) is 15.7. The molecule has 0 aliphatic rings. The normalized spacial score (nSPS) is 12.5. The summed E-state index contributed by atoms with van der Waals surface area (Å²) in [5.74, 6) is 0. The maximum atomic E-state index is 11.4. The Balaban J connectivity index is 2.51. The van der Waals surface area contributed by atoms with Crippen molar-refractivity contribution in [1.29, 1.82) is 0 Å². The van der Waals surface area contributed by atoms with Gasteiger partial charge in [-0.3, -0.25) is 9.11 Å². The van der Waals surface area contributed by atoms with Gasteiger partial charge < -0.3 is 4.72 Å². The minimum absolute atomic E-state index is 0.0655. The number of nitrogens with one attached hydrogen (secondary N) is 1. The first-order valence-corrected chi connectivity index (χ1v) is 8.81. The van der Waals surface area contributed by atoms with E-state index in [1.165, 1.54) is 6.07 Å². The Labute approximate surface area is 125 Å². The molecule has 0 aliphatic carbocycles. The van der Waals surface area contributed by atoms with E-state index in [0.717, 1.165) is 6.07 Å². The molecule has 0 aromatic heterocycles. The third-order valence-electron chi connectivity index (χ3n) is 2.43. The van der Waals surface area contributed by atoms with Crippen LogP contribution in [-0.4, -0.2) is 25.9 Å². The van der Waals surface area contributed by atoms with Gasteiger partial charge in [0.05, 0.1) is 5.69 Å². The fraction of sp³-hybridized carbons (Fsp3) is 0. The summed E-state index contributed by atoms with van der Waals surface area (Å²) in [6.45, 7) is 0. The quantitative estimate of drug-likeness (QED) is 0.420. The summed E-state index contributed by atoms with van der Waals surface area (Å²) in [5, 5.41) is 1.07. The lowest BCUT2D eigenvalue weighted by Gasteiger charge is -2.11. The van der Waals surface area contributed by atoms with Crippen molar-refractivity contribution in [1.82, 2.24) is 0 Å². The number of fused-ring (bicyclic) bond motifs is 1. The van der Waals surface area contributed by atoms with Gasteiger partial charge in [-0.1, -0.05) is 30.3 Å². The van der Waals surface area contributed by atoms with Crippen LogP contribution in [0.3, 0.4) is 0 Å². The molecule has 0 saturated heterocycles. The van der Waals surface area contributed by atoms with Crippen LogP contribution < -0.4 is 4.72 Å². The minimum Gasteiger partial charge on any atom is -0.304 e. The van der Waals surface area contributed by atoms with Gasteiger partial charge in [-0.25, -0.2) is 0 Å². The molecule has 0 saturated carbocycles. The Kier molecular flexibility index (Phi) is 4.41. The van der Waals surface area contributed by atoms with E-state index >= 15 is 0 Å². The number of hydrogen-bond donors (Lipinski definition) is 3. The van der Waals surface area contributed by atoms with Gasteiger partial charge in [-0.2, -0.15) is 20.5 Å². The molecule has 0 spiro atoms. The fourth-order valence-electron chi connectivity index (χ4n) is 1.67. The molecule has 8 nitrogen and oxygen atoms in total. The second-order valence-corrected chi connectivity index (χ2v) is 6.98. The first kappa shape index (κ1) is 16.0. The van der Waals surface area contributed by atoms with Crippen molar-refractivity contribution in [3.8, 4) is 0 Å². The Morgan fingerprint density at radius 3 is 2.29 bits per heavy atom. The average molecular weight is 351 g/mol. The third-order valence-corrected chi connectivity index (χ3v) is 4.58. The lowest BCUT2D eigenvalue weighted by molar-refractivity contribution is 0.408. The molecule has 11 heteroatoms. The predicted molar refractivity (Wildman–Crippen MR) is 77.6 cm³/mol. The van der Waals surface area contributed by atoms with Crippen LogP contribution in [0.4, 0.5) is 5.69 Å². The van der Waals surface area contributed by atoms with Crippen LogP contribution in [0.5, 0.6) is 0 Å². The Bertz CT molecular complexity index is 877. The van der Waals surface area contributed by atoms with E-state index in [9.17, 15) is 21.4 Å². The van der Waals surface area contributed by atoms with Crippen molar-refractivity contribution >= 4 is 49.2 Å².